The van der Waals surface area contributed by atoms with Crippen molar-refractivity contribution in [2.24, 2.45) is 11.7 Å². The first-order chi connectivity index (χ1) is 7.19. The van der Waals surface area contributed by atoms with Crippen molar-refractivity contribution < 1.29 is 4.74 Å². The van der Waals surface area contributed by atoms with E-state index in [1.165, 1.54) is 13.4 Å². The fourth-order valence-corrected chi connectivity index (χ4v) is 1.06. The molecule has 0 fully saturated rings. The lowest BCUT2D eigenvalue weighted by atomic mass is 10.2. The Labute approximate surface area is 87.9 Å². The summed E-state index contributed by atoms with van der Waals surface area (Å²) in [5.41, 5.74) is 5.18. The van der Waals surface area contributed by atoms with Crippen molar-refractivity contribution in [2.45, 2.75) is 6.92 Å². The van der Waals surface area contributed by atoms with Gasteiger partial charge in [0.1, 0.15) is 0 Å². The Hall–Kier alpha value is -1.56. The fourth-order valence-electron chi connectivity index (χ4n) is 1.06. The zero-order valence-electron chi connectivity index (χ0n) is 8.91. The number of hydrogen-bond donors (Lipinski definition) is 3. The highest BCUT2D eigenvalue weighted by Crippen LogP contribution is 2.14. The number of aromatic amines is 1. The number of nitrogens with two attached hydrogens (primary N) is 1. The Morgan fingerprint density at radius 1 is 1.73 bits per heavy atom. The molecule has 1 heterocycles. The van der Waals surface area contributed by atoms with E-state index in [-0.39, 0.29) is 11.3 Å². The summed E-state index contributed by atoms with van der Waals surface area (Å²) in [5.74, 6) is 0.957. The molecule has 15 heavy (non-hydrogen) atoms. The highest BCUT2D eigenvalue weighted by molar-refractivity contribution is 5.47. The number of aromatic nitrogens is 2. The van der Waals surface area contributed by atoms with E-state index >= 15 is 0 Å². The molecule has 0 aliphatic rings. The Morgan fingerprint density at radius 2 is 2.47 bits per heavy atom. The number of anilines is 1. The number of methoxy groups -OCH3 is 1. The second kappa shape index (κ2) is 5.35. The molecule has 1 atom stereocenters. The van der Waals surface area contributed by atoms with Crippen molar-refractivity contribution >= 4 is 5.82 Å². The molecule has 1 unspecified atom stereocenters. The fraction of sp³-hybridized carbons (Fsp3) is 0.556. The molecule has 84 valence electrons. The van der Waals surface area contributed by atoms with Crippen molar-refractivity contribution in [1.29, 1.82) is 0 Å². The van der Waals surface area contributed by atoms with Crippen LogP contribution in [0.15, 0.2) is 11.1 Å². The predicted octanol–water partition coefficient (Wildman–Crippen LogP) is -0.215. The van der Waals surface area contributed by atoms with Crippen LogP contribution in [0, 0.1) is 5.92 Å². The second-order valence-electron chi connectivity index (χ2n) is 3.34. The van der Waals surface area contributed by atoms with Crippen molar-refractivity contribution in [3.8, 4) is 5.75 Å². The molecule has 0 radical (unpaired) electrons. The van der Waals surface area contributed by atoms with Crippen LogP contribution in [0.4, 0.5) is 5.82 Å². The number of ether oxygens (including phenoxy) is 1. The molecule has 1 aromatic heterocycles. The molecule has 6 nitrogen and oxygen atoms in total. The highest BCUT2D eigenvalue weighted by Gasteiger charge is 2.08. The molecule has 6 heteroatoms. The summed E-state index contributed by atoms with van der Waals surface area (Å²) in [4.78, 5) is 17.7. The molecule has 1 rings (SSSR count). The minimum Gasteiger partial charge on any atom is -0.489 e. The van der Waals surface area contributed by atoms with Crippen molar-refractivity contribution in [2.75, 3.05) is 25.5 Å². The maximum atomic E-state index is 11.3. The SMILES string of the molecule is COc1c(NCC(C)CN)nc[nH]c1=O. The van der Waals surface area contributed by atoms with Gasteiger partial charge in [0.05, 0.1) is 13.4 Å². The third kappa shape index (κ3) is 2.95. The van der Waals surface area contributed by atoms with E-state index in [1.807, 2.05) is 6.92 Å². The predicted molar refractivity (Wildman–Crippen MR) is 58.1 cm³/mol. The first kappa shape index (κ1) is 11.5. The van der Waals surface area contributed by atoms with Gasteiger partial charge in [0, 0.05) is 6.54 Å². The summed E-state index contributed by atoms with van der Waals surface area (Å²) >= 11 is 0. The van der Waals surface area contributed by atoms with Gasteiger partial charge in [-0.3, -0.25) is 4.79 Å². The average molecular weight is 212 g/mol. The lowest BCUT2D eigenvalue weighted by molar-refractivity contribution is 0.407. The lowest BCUT2D eigenvalue weighted by Gasteiger charge is -2.12. The number of rotatable bonds is 5. The molecule has 0 amide bonds. The largest absolute Gasteiger partial charge is 0.489 e. The number of hydrogen-bond acceptors (Lipinski definition) is 5. The number of nitrogens with one attached hydrogen (secondary N) is 2. The zero-order chi connectivity index (χ0) is 11.3. The molecule has 0 aromatic carbocycles. The van der Waals surface area contributed by atoms with Gasteiger partial charge in [-0.1, -0.05) is 6.92 Å². The van der Waals surface area contributed by atoms with Crippen LogP contribution < -0.4 is 21.3 Å². The van der Waals surface area contributed by atoms with E-state index in [0.717, 1.165) is 0 Å². The van der Waals surface area contributed by atoms with Gasteiger partial charge >= 0.3 is 0 Å². The maximum Gasteiger partial charge on any atom is 0.295 e. The summed E-state index contributed by atoms with van der Waals surface area (Å²) in [5, 5.41) is 3.02. The Bertz CT molecular complexity index is 363. The molecule has 0 aliphatic heterocycles. The molecule has 4 N–H and O–H groups in total. The van der Waals surface area contributed by atoms with Crippen LogP contribution in [-0.4, -0.2) is 30.2 Å². The van der Waals surface area contributed by atoms with E-state index in [4.69, 9.17) is 10.5 Å². The first-order valence-corrected chi connectivity index (χ1v) is 4.74. The molecule has 0 saturated carbocycles. The highest BCUT2D eigenvalue weighted by atomic mass is 16.5. The number of nitrogens with zero attached hydrogens (tertiary/aromatic N) is 1. The molecule has 0 bridgehead atoms. The van der Waals surface area contributed by atoms with Gasteiger partial charge in [-0.05, 0) is 12.5 Å². The minimum atomic E-state index is -0.296. The van der Waals surface area contributed by atoms with Crippen molar-refractivity contribution in [3.63, 3.8) is 0 Å². The van der Waals surface area contributed by atoms with Gasteiger partial charge in [-0.15, -0.1) is 0 Å². The Kier molecular flexibility index (Phi) is 4.11. The van der Waals surface area contributed by atoms with Gasteiger partial charge < -0.3 is 20.8 Å². The second-order valence-corrected chi connectivity index (χ2v) is 3.34. The van der Waals surface area contributed by atoms with Crippen LogP contribution in [0.5, 0.6) is 5.75 Å². The zero-order valence-corrected chi connectivity index (χ0v) is 8.91. The van der Waals surface area contributed by atoms with Crippen LogP contribution in [0.25, 0.3) is 0 Å². The third-order valence-corrected chi connectivity index (χ3v) is 2.04. The first-order valence-electron chi connectivity index (χ1n) is 4.74. The van der Waals surface area contributed by atoms with Gasteiger partial charge in [-0.2, -0.15) is 0 Å². The molecule has 0 spiro atoms. The summed E-state index contributed by atoms with van der Waals surface area (Å²) in [6.45, 7) is 3.24. The smallest absolute Gasteiger partial charge is 0.295 e. The van der Waals surface area contributed by atoms with Gasteiger partial charge in [0.15, 0.2) is 5.82 Å². The minimum absolute atomic E-state index is 0.196. The van der Waals surface area contributed by atoms with Crippen LogP contribution in [0.3, 0.4) is 0 Å². The van der Waals surface area contributed by atoms with E-state index in [9.17, 15) is 4.79 Å². The summed E-state index contributed by atoms with van der Waals surface area (Å²) in [6, 6.07) is 0. The van der Waals surface area contributed by atoms with Crippen LogP contribution in [0.2, 0.25) is 0 Å². The van der Waals surface area contributed by atoms with Crippen molar-refractivity contribution in [3.05, 3.63) is 16.7 Å². The molecule has 0 aliphatic carbocycles. The van der Waals surface area contributed by atoms with E-state index in [0.29, 0.717) is 24.8 Å². The van der Waals surface area contributed by atoms with Gasteiger partial charge in [-0.25, -0.2) is 4.98 Å². The van der Waals surface area contributed by atoms with E-state index < -0.39 is 0 Å². The number of H-pyrrole nitrogens is 1. The Morgan fingerprint density at radius 3 is 3.07 bits per heavy atom. The lowest BCUT2D eigenvalue weighted by Crippen LogP contribution is -2.22. The van der Waals surface area contributed by atoms with E-state index in [1.54, 1.807) is 0 Å². The summed E-state index contributed by atoms with van der Waals surface area (Å²) in [6.07, 6.45) is 1.33. The van der Waals surface area contributed by atoms with Crippen molar-refractivity contribution in [1.82, 2.24) is 9.97 Å². The maximum absolute atomic E-state index is 11.3. The molecular formula is C9H16N4O2. The van der Waals surface area contributed by atoms with Gasteiger partial charge in [0.25, 0.3) is 5.56 Å². The summed E-state index contributed by atoms with van der Waals surface area (Å²) in [7, 11) is 1.43. The topological polar surface area (TPSA) is 93.0 Å². The van der Waals surface area contributed by atoms with Crippen LogP contribution in [-0.2, 0) is 0 Å². The average Bonchev–Trinajstić information content (AvgIpc) is 2.25. The molecular weight excluding hydrogens is 196 g/mol. The van der Waals surface area contributed by atoms with Crippen LogP contribution in [0.1, 0.15) is 6.92 Å². The normalized spacial score (nSPS) is 12.2. The van der Waals surface area contributed by atoms with E-state index in [2.05, 4.69) is 15.3 Å². The Balaban J connectivity index is 2.76. The quantitative estimate of drug-likeness (QED) is 0.627. The van der Waals surface area contributed by atoms with Gasteiger partial charge in [0.2, 0.25) is 5.75 Å². The molecule has 1 aromatic rings. The third-order valence-electron chi connectivity index (χ3n) is 2.04. The van der Waals surface area contributed by atoms with Crippen LogP contribution >= 0.6 is 0 Å². The summed E-state index contributed by atoms with van der Waals surface area (Å²) < 4.78 is 4.94. The monoisotopic (exact) mass is 212 g/mol. The standard InChI is InChI=1S/C9H16N4O2/c1-6(3-10)4-11-8-7(15-2)9(14)13-5-12-8/h5-6H,3-4,10H2,1-2H3,(H2,11,12,13,14). The molecule has 0 saturated heterocycles.